The van der Waals surface area contributed by atoms with E-state index in [-0.39, 0.29) is 12.1 Å². The smallest absolute Gasteiger partial charge is 0.379 e. The molecule has 1 atom stereocenters. The van der Waals surface area contributed by atoms with Crippen molar-refractivity contribution >= 4 is 0 Å². The molecule has 0 aromatic heterocycles. The van der Waals surface area contributed by atoms with E-state index in [1.165, 1.54) is 12.1 Å². The van der Waals surface area contributed by atoms with Gasteiger partial charge in [0.2, 0.25) is 0 Å². The van der Waals surface area contributed by atoms with Crippen LogP contribution < -0.4 is 5.73 Å². The first-order chi connectivity index (χ1) is 9.38. The summed E-state index contributed by atoms with van der Waals surface area (Å²) in [5.41, 5.74) is 3.74. The van der Waals surface area contributed by atoms with Crippen molar-refractivity contribution in [1.82, 2.24) is 0 Å². The van der Waals surface area contributed by atoms with E-state index in [9.17, 15) is 18.3 Å². The molecule has 0 fully saturated rings. The highest BCUT2D eigenvalue weighted by Crippen LogP contribution is 2.34. The molecule has 106 valence electrons. The third-order valence-corrected chi connectivity index (χ3v) is 3.21. The molecule has 0 aliphatic heterocycles. The molecule has 2 aromatic rings. The van der Waals surface area contributed by atoms with E-state index in [0.717, 1.165) is 12.1 Å². The summed E-state index contributed by atoms with van der Waals surface area (Å²) in [5, 5.41) is 10.7. The molecule has 2 aromatic carbocycles. The van der Waals surface area contributed by atoms with Gasteiger partial charge in [0.1, 0.15) is 5.60 Å². The SMILES string of the molecule is NCC(O)(c1ccccc1)c1cccc(C(F)(F)F)c1. The van der Waals surface area contributed by atoms with Gasteiger partial charge in [-0.15, -0.1) is 0 Å². The highest BCUT2D eigenvalue weighted by Gasteiger charge is 2.34. The average Bonchev–Trinajstić information content (AvgIpc) is 2.46. The van der Waals surface area contributed by atoms with Gasteiger partial charge >= 0.3 is 6.18 Å². The predicted molar refractivity (Wildman–Crippen MR) is 69.9 cm³/mol. The molecule has 2 nitrogen and oxygen atoms in total. The fraction of sp³-hybridized carbons (Fsp3) is 0.200. The van der Waals surface area contributed by atoms with Crippen molar-refractivity contribution in [1.29, 1.82) is 0 Å². The number of rotatable bonds is 3. The number of aliphatic hydroxyl groups is 1. The Morgan fingerprint density at radius 2 is 1.40 bits per heavy atom. The summed E-state index contributed by atoms with van der Waals surface area (Å²) in [7, 11) is 0. The minimum Gasteiger partial charge on any atom is -0.379 e. The molecule has 0 amide bonds. The molecule has 20 heavy (non-hydrogen) atoms. The minimum absolute atomic E-state index is 0.126. The van der Waals surface area contributed by atoms with Crippen LogP contribution in [0.5, 0.6) is 0 Å². The maximum Gasteiger partial charge on any atom is 0.416 e. The molecule has 5 heteroatoms. The number of nitrogens with two attached hydrogens (primary N) is 1. The lowest BCUT2D eigenvalue weighted by atomic mass is 9.85. The van der Waals surface area contributed by atoms with Crippen LogP contribution in [0.3, 0.4) is 0 Å². The second kappa shape index (κ2) is 5.26. The van der Waals surface area contributed by atoms with Crippen molar-refractivity contribution < 1.29 is 18.3 Å². The zero-order valence-electron chi connectivity index (χ0n) is 10.6. The van der Waals surface area contributed by atoms with E-state index in [4.69, 9.17) is 5.73 Å². The number of benzene rings is 2. The number of hydrogen-bond acceptors (Lipinski definition) is 2. The molecule has 0 bridgehead atoms. The van der Waals surface area contributed by atoms with E-state index >= 15 is 0 Å². The molecule has 2 rings (SSSR count). The van der Waals surface area contributed by atoms with Crippen LogP contribution in [0.1, 0.15) is 16.7 Å². The Balaban J connectivity index is 2.53. The van der Waals surface area contributed by atoms with Crippen LogP contribution in [0.15, 0.2) is 54.6 Å². The summed E-state index contributed by atoms with van der Waals surface area (Å²) < 4.78 is 38.2. The van der Waals surface area contributed by atoms with Gasteiger partial charge in [0, 0.05) is 6.54 Å². The fourth-order valence-electron chi connectivity index (χ4n) is 2.07. The zero-order valence-corrected chi connectivity index (χ0v) is 10.6. The van der Waals surface area contributed by atoms with Gasteiger partial charge < -0.3 is 10.8 Å². The Kier molecular flexibility index (Phi) is 3.83. The van der Waals surface area contributed by atoms with Gasteiger partial charge in [0.25, 0.3) is 0 Å². The summed E-state index contributed by atoms with van der Waals surface area (Å²) in [6.45, 7) is -0.210. The molecule has 0 radical (unpaired) electrons. The van der Waals surface area contributed by atoms with E-state index in [1.807, 2.05) is 0 Å². The first kappa shape index (κ1) is 14.6. The van der Waals surface area contributed by atoms with E-state index in [1.54, 1.807) is 30.3 Å². The van der Waals surface area contributed by atoms with Crippen molar-refractivity contribution in [3.63, 3.8) is 0 Å². The van der Waals surface area contributed by atoms with Crippen LogP contribution >= 0.6 is 0 Å². The second-order valence-corrected chi connectivity index (χ2v) is 4.51. The molecule has 1 unspecified atom stereocenters. The van der Waals surface area contributed by atoms with Gasteiger partial charge in [-0.25, -0.2) is 0 Å². The van der Waals surface area contributed by atoms with Crippen molar-refractivity contribution in [2.24, 2.45) is 5.73 Å². The topological polar surface area (TPSA) is 46.2 Å². The zero-order chi connectivity index (χ0) is 14.8. The Morgan fingerprint density at radius 1 is 0.850 bits per heavy atom. The minimum atomic E-state index is -4.46. The second-order valence-electron chi connectivity index (χ2n) is 4.51. The van der Waals surface area contributed by atoms with Crippen molar-refractivity contribution in [2.75, 3.05) is 6.54 Å². The highest BCUT2D eigenvalue weighted by atomic mass is 19.4. The maximum absolute atomic E-state index is 12.7. The third-order valence-electron chi connectivity index (χ3n) is 3.21. The van der Waals surface area contributed by atoms with Gasteiger partial charge in [-0.1, -0.05) is 42.5 Å². The standard InChI is InChI=1S/C15H14F3NO/c16-15(17,18)13-8-4-7-12(9-13)14(20,10-19)11-5-2-1-3-6-11/h1-9,20H,10,19H2. The van der Waals surface area contributed by atoms with E-state index in [0.29, 0.717) is 5.56 Å². The number of alkyl halides is 3. The summed E-state index contributed by atoms with van der Waals surface area (Å²) in [4.78, 5) is 0. The van der Waals surface area contributed by atoms with Gasteiger partial charge in [-0.2, -0.15) is 13.2 Å². The molecule has 0 aliphatic rings. The van der Waals surface area contributed by atoms with Crippen LogP contribution in [0, 0.1) is 0 Å². The lowest BCUT2D eigenvalue weighted by molar-refractivity contribution is -0.137. The van der Waals surface area contributed by atoms with Crippen LogP contribution in [-0.4, -0.2) is 11.7 Å². The predicted octanol–water partition coefficient (Wildman–Crippen LogP) is 2.90. The monoisotopic (exact) mass is 281 g/mol. The Hall–Kier alpha value is -1.85. The van der Waals surface area contributed by atoms with Crippen molar-refractivity contribution in [3.8, 4) is 0 Å². The van der Waals surface area contributed by atoms with Crippen LogP contribution in [-0.2, 0) is 11.8 Å². The molecule has 0 saturated carbocycles. The van der Waals surface area contributed by atoms with Gasteiger partial charge in [-0.3, -0.25) is 0 Å². The Morgan fingerprint density at radius 3 is 1.95 bits per heavy atom. The molecule has 0 spiro atoms. The lowest BCUT2D eigenvalue weighted by Gasteiger charge is -2.28. The summed E-state index contributed by atoms with van der Waals surface area (Å²) >= 11 is 0. The molecular formula is C15H14F3NO. The lowest BCUT2D eigenvalue weighted by Crippen LogP contribution is -2.36. The van der Waals surface area contributed by atoms with Gasteiger partial charge in [-0.05, 0) is 23.3 Å². The van der Waals surface area contributed by atoms with Gasteiger partial charge in [0.05, 0.1) is 5.56 Å². The number of hydrogen-bond donors (Lipinski definition) is 2. The van der Waals surface area contributed by atoms with E-state index in [2.05, 4.69) is 0 Å². The first-order valence-corrected chi connectivity index (χ1v) is 6.03. The molecule has 0 saturated heterocycles. The van der Waals surface area contributed by atoms with E-state index < -0.39 is 17.3 Å². The molecule has 0 heterocycles. The molecule has 0 aliphatic carbocycles. The summed E-state index contributed by atoms with van der Waals surface area (Å²) in [5.74, 6) is 0. The quantitative estimate of drug-likeness (QED) is 0.908. The van der Waals surface area contributed by atoms with Crippen LogP contribution in [0.25, 0.3) is 0 Å². The van der Waals surface area contributed by atoms with Crippen molar-refractivity contribution in [2.45, 2.75) is 11.8 Å². The Labute approximate surface area is 114 Å². The summed E-state index contributed by atoms with van der Waals surface area (Å²) in [6, 6.07) is 13.0. The summed E-state index contributed by atoms with van der Waals surface area (Å²) in [6.07, 6.45) is -4.46. The van der Waals surface area contributed by atoms with Crippen LogP contribution in [0.2, 0.25) is 0 Å². The van der Waals surface area contributed by atoms with Gasteiger partial charge in [0.15, 0.2) is 0 Å². The molecular weight excluding hydrogens is 267 g/mol. The molecule has 3 N–H and O–H groups in total. The van der Waals surface area contributed by atoms with Crippen molar-refractivity contribution in [3.05, 3.63) is 71.3 Å². The highest BCUT2D eigenvalue weighted by molar-refractivity contribution is 5.39. The largest absolute Gasteiger partial charge is 0.416 e. The fourth-order valence-corrected chi connectivity index (χ4v) is 2.07. The average molecular weight is 281 g/mol. The Bertz CT molecular complexity index is 583. The maximum atomic E-state index is 12.7. The number of halogens is 3. The first-order valence-electron chi connectivity index (χ1n) is 6.03. The normalized spacial score (nSPS) is 14.8. The van der Waals surface area contributed by atoms with Crippen LogP contribution in [0.4, 0.5) is 13.2 Å². The third kappa shape index (κ3) is 2.69.